The molecule has 31 heavy (non-hydrogen) atoms. The molecule has 0 unspecified atom stereocenters. The van der Waals surface area contributed by atoms with Crippen molar-refractivity contribution in [2.75, 3.05) is 13.1 Å². The third kappa shape index (κ3) is 3.94. The second-order valence-electron chi connectivity index (χ2n) is 8.63. The Kier molecular flexibility index (Phi) is 5.44. The number of nitrogens with zero attached hydrogens (tertiary/aromatic N) is 3. The maximum atomic E-state index is 13.3. The number of hydrogen-bond donors (Lipinski definition) is 0. The second kappa shape index (κ2) is 8.24. The minimum atomic E-state index is -3.47. The fraction of sp³-hybridized carbons (Fsp3) is 0.478. The van der Waals surface area contributed by atoms with E-state index in [-0.39, 0.29) is 29.0 Å². The summed E-state index contributed by atoms with van der Waals surface area (Å²) < 4.78 is 33.1. The highest BCUT2D eigenvalue weighted by molar-refractivity contribution is 7.89. The van der Waals surface area contributed by atoms with E-state index in [0.717, 1.165) is 44.3 Å². The molecular weight excluding hydrogens is 414 g/mol. The predicted molar refractivity (Wildman–Crippen MR) is 115 cm³/mol. The van der Waals surface area contributed by atoms with Crippen LogP contribution in [0.3, 0.4) is 0 Å². The van der Waals surface area contributed by atoms with Gasteiger partial charge in [0.2, 0.25) is 10.0 Å². The van der Waals surface area contributed by atoms with Gasteiger partial charge >= 0.3 is 0 Å². The van der Waals surface area contributed by atoms with Crippen molar-refractivity contribution in [3.05, 3.63) is 54.4 Å². The normalized spacial score (nSPS) is 26.2. The number of fused-ring (bicyclic) bond motifs is 2. The summed E-state index contributed by atoms with van der Waals surface area (Å²) >= 11 is 0. The number of aromatic nitrogens is 1. The molecule has 5 rings (SSSR count). The zero-order valence-electron chi connectivity index (χ0n) is 17.4. The first-order valence-corrected chi connectivity index (χ1v) is 12.5. The summed E-state index contributed by atoms with van der Waals surface area (Å²) in [7, 11) is -3.47. The van der Waals surface area contributed by atoms with Crippen LogP contribution in [0.2, 0.25) is 0 Å². The van der Waals surface area contributed by atoms with Gasteiger partial charge < -0.3 is 9.64 Å². The van der Waals surface area contributed by atoms with E-state index < -0.39 is 10.0 Å². The van der Waals surface area contributed by atoms with Crippen LogP contribution >= 0.6 is 0 Å². The molecule has 164 valence electrons. The fourth-order valence-corrected chi connectivity index (χ4v) is 6.68. The highest BCUT2D eigenvalue weighted by Gasteiger charge is 2.44. The van der Waals surface area contributed by atoms with Crippen molar-refractivity contribution < 1.29 is 17.9 Å². The van der Waals surface area contributed by atoms with Crippen LogP contribution in [0.15, 0.2) is 53.7 Å². The molecular formula is C23H27N3O4S. The van der Waals surface area contributed by atoms with Gasteiger partial charge in [-0.1, -0.05) is 0 Å². The third-order valence-electron chi connectivity index (χ3n) is 6.67. The highest BCUT2D eigenvalue weighted by atomic mass is 32.2. The van der Waals surface area contributed by atoms with Crippen LogP contribution in [0, 0.1) is 0 Å². The first-order chi connectivity index (χ1) is 15.0. The monoisotopic (exact) mass is 441 g/mol. The first-order valence-electron chi connectivity index (χ1n) is 11.0. The summed E-state index contributed by atoms with van der Waals surface area (Å²) in [4.78, 5) is 19.6. The van der Waals surface area contributed by atoms with Crippen molar-refractivity contribution in [2.45, 2.75) is 61.6 Å². The second-order valence-corrected chi connectivity index (χ2v) is 10.6. The van der Waals surface area contributed by atoms with Crippen molar-refractivity contribution in [3.63, 3.8) is 0 Å². The standard InChI is InChI=1S/C23H27N3O4S/c27-23(17-5-9-22(10-6-17)31(28,29)25-12-1-2-13-25)26-18-7-8-19(26)15-21(14-18)30-20-4-3-11-24-16-20/h3-6,9-11,16,18-19,21H,1-2,7-8,12-15H2/t18-,19-/m0/s1. The Labute approximate surface area is 183 Å². The van der Waals surface area contributed by atoms with Crippen LogP contribution < -0.4 is 4.74 Å². The van der Waals surface area contributed by atoms with Crippen molar-refractivity contribution in [3.8, 4) is 5.75 Å². The lowest BCUT2D eigenvalue weighted by Gasteiger charge is -2.39. The van der Waals surface area contributed by atoms with E-state index in [2.05, 4.69) is 4.98 Å². The number of benzene rings is 1. The van der Waals surface area contributed by atoms with Crippen molar-refractivity contribution in [2.24, 2.45) is 0 Å². The highest BCUT2D eigenvalue weighted by Crippen LogP contribution is 2.38. The van der Waals surface area contributed by atoms with E-state index in [9.17, 15) is 13.2 Å². The Morgan fingerprint density at radius 2 is 1.68 bits per heavy atom. The minimum Gasteiger partial charge on any atom is -0.489 e. The van der Waals surface area contributed by atoms with Gasteiger partial charge in [0.05, 0.1) is 11.1 Å². The molecule has 7 nitrogen and oxygen atoms in total. The summed E-state index contributed by atoms with van der Waals surface area (Å²) in [6.45, 7) is 1.14. The maximum Gasteiger partial charge on any atom is 0.254 e. The molecule has 3 fully saturated rings. The van der Waals surface area contributed by atoms with E-state index >= 15 is 0 Å². The number of amides is 1. The first kappa shape index (κ1) is 20.5. The molecule has 2 aromatic rings. The average Bonchev–Trinajstić information content (AvgIpc) is 3.42. The molecule has 2 bridgehead atoms. The van der Waals surface area contributed by atoms with E-state index in [1.54, 1.807) is 36.7 Å². The zero-order valence-corrected chi connectivity index (χ0v) is 18.2. The molecule has 0 aliphatic carbocycles. The Morgan fingerprint density at radius 1 is 1.00 bits per heavy atom. The fourth-order valence-electron chi connectivity index (χ4n) is 5.16. The van der Waals surface area contributed by atoms with E-state index in [0.29, 0.717) is 18.7 Å². The molecule has 8 heteroatoms. The summed E-state index contributed by atoms with van der Waals surface area (Å²) in [6.07, 6.45) is 8.89. The van der Waals surface area contributed by atoms with Crippen LogP contribution in [0.5, 0.6) is 5.75 Å². The van der Waals surface area contributed by atoms with Gasteiger partial charge in [-0.25, -0.2) is 8.42 Å². The molecule has 0 radical (unpaired) electrons. The van der Waals surface area contributed by atoms with Gasteiger partial charge in [0.1, 0.15) is 11.9 Å². The minimum absolute atomic E-state index is 0.0163. The number of sulfonamides is 1. The number of pyridine rings is 1. The van der Waals surface area contributed by atoms with E-state index in [1.165, 1.54) is 4.31 Å². The Bertz CT molecular complexity index is 1020. The van der Waals surface area contributed by atoms with Gasteiger partial charge in [-0.2, -0.15) is 4.31 Å². The molecule has 2 atom stereocenters. The Balaban J connectivity index is 1.27. The van der Waals surface area contributed by atoms with Gasteiger partial charge in [-0.05, 0) is 62.1 Å². The zero-order chi connectivity index (χ0) is 21.4. The summed E-state index contributed by atoms with van der Waals surface area (Å²) in [5.41, 5.74) is 0.545. The topological polar surface area (TPSA) is 79.8 Å². The van der Waals surface area contributed by atoms with Crippen LogP contribution in [-0.2, 0) is 10.0 Å². The number of carbonyl (C=O) groups is 1. The van der Waals surface area contributed by atoms with E-state index in [4.69, 9.17) is 4.74 Å². The molecule has 0 spiro atoms. The number of carbonyl (C=O) groups excluding carboxylic acids is 1. The lowest BCUT2D eigenvalue weighted by atomic mass is 9.98. The molecule has 0 N–H and O–H groups in total. The quantitative estimate of drug-likeness (QED) is 0.712. The van der Waals surface area contributed by atoms with Gasteiger partial charge in [-0.3, -0.25) is 9.78 Å². The Hall–Kier alpha value is -2.45. The van der Waals surface area contributed by atoms with Gasteiger partial charge in [0.25, 0.3) is 5.91 Å². The number of hydrogen-bond acceptors (Lipinski definition) is 5. The number of ether oxygens (including phenoxy) is 1. The molecule has 3 aliphatic rings. The number of rotatable bonds is 5. The third-order valence-corrected chi connectivity index (χ3v) is 8.58. The largest absolute Gasteiger partial charge is 0.489 e. The predicted octanol–water partition coefficient (Wildman–Crippen LogP) is 3.08. The smallest absolute Gasteiger partial charge is 0.254 e. The Morgan fingerprint density at radius 3 is 2.29 bits per heavy atom. The molecule has 3 aliphatic heterocycles. The lowest BCUT2D eigenvalue weighted by molar-refractivity contribution is 0.0358. The van der Waals surface area contributed by atoms with Gasteiger partial charge in [-0.15, -0.1) is 0 Å². The van der Waals surface area contributed by atoms with Crippen molar-refractivity contribution >= 4 is 15.9 Å². The summed E-state index contributed by atoms with van der Waals surface area (Å²) in [5, 5.41) is 0. The average molecular weight is 442 g/mol. The van der Waals surface area contributed by atoms with Crippen LogP contribution in [0.1, 0.15) is 48.9 Å². The van der Waals surface area contributed by atoms with E-state index in [1.807, 2.05) is 17.0 Å². The van der Waals surface area contributed by atoms with Gasteiger partial charge in [0, 0.05) is 49.8 Å². The maximum absolute atomic E-state index is 13.3. The molecule has 3 saturated heterocycles. The molecule has 4 heterocycles. The van der Waals surface area contributed by atoms with Crippen LogP contribution in [0.25, 0.3) is 0 Å². The van der Waals surface area contributed by atoms with Crippen LogP contribution in [-0.4, -0.2) is 59.8 Å². The van der Waals surface area contributed by atoms with Crippen molar-refractivity contribution in [1.82, 2.24) is 14.2 Å². The summed E-state index contributed by atoms with van der Waals surface area (Å²) in [5.74, 6) is 0.749. The molecule has 1 aromatic heterocycles. The summed E-state index contributed by atoms with van der Waals surface area (Å²) in [6, 6.07) is 10.5. The van der Waals surface area contributed by atoms with Gasteiger partial charge in [0.15, 0.2) is 0 Å². The molecule has 1 amide bonds. The number of piperidine rings is 1. The molecule has 0 saturated carbocycles. The van der Waals surface area contributed by atoms with Crippen LogP contribution in [0.4, 0.5) is 0 Å². The SMILES string of the molecule is O=C(c1ccc(S(=O)(=O)N2CCCC2)cc1)N1[C@H]2CC[C@H]1CC(Oc1cccnc1)C2. The lowest BCUT2D eigenvalue weighted by Crippen LogP contribution is -2.49. The van der Waals surface area contributed by atoms with Crippen molar-refractivity contribution in [1.29, 1.82) is 0 Å². The molecule has 1 aromatic carbocycles.